The molecule has 1 heterocycles. The normalized spacial score (nSPS) is 16.7. The summed E-state index contributed by atoms with van der Waals surface area (Å²) in [5.41, 5.74) is 2.72. The molecular formula is C17H20ClFN4. The second kappa shape index (κ2) is 7.23. The van der Waals surface area contributed by atoms with Gasteiger partial charge >= 0.3 is 0 Å². The summed E-state index contributed by atoms with van der Waals surface area (Å²) >= 11 is 6.08. The van der Waals surface area contributed by atoms with Crippen molar-refractivity contribution < 1.29 is 4.39 Å². The average molecular weight is 335 g/mol. The summed E-state index contributed by atoms with van der Waals surface area (Å²) in [6, 6.07) is 8.76. The molecule has 0 radical (unpaired) electrons. The summed E-state index contributed by atoms with van der Waals surface area (Å²) in [5, 5.41) is 4.68. The Morgan fingerprint density at radius 1 is 1.43 bits per heavy atom. The first-order valence-electron chi connectivity index (χ1n) is 7.77. The molecule has 0 saturated carbocycles. The van der Waals surface area contributed by atoms with Crippen molar-refractivity contribution in [2.75, 3.05) is 13.2 Å². The van der Waals surface area contributed by atoms with Crippen LogP contribution in [0.5, 0.6) is 0 Å². The molecule has 0 N–H and O–H groups in total. The lowest BCUT2D eigenvalue weighted by molar-refractivity contribution is 0.198. The van der Waals surface area contributed by atoms with E-state index < -0.39 is 6.67 Å². The van der Waals surface area contributed by atoms with Gasteiger partial charge in [-0.3, -0.25) is 4.90 Å². The van der Waals surface area contributed by atoms with Crippen LogP contribution in [0.2, 0.25) is 0 Å². The summed E-state index contributed by atoms with van der Waals surface area (Å²) in [7, 11) is 0. The number of fused-ring (bicyclic) bond motifs is 1. The van der Waals surface area contributed by atoms with Crippen LogP contribution in [0.4, 0.5) is 4.39 Å². The van der Waals surface area contributed by atoms with Crippen molar-refractivity contribution in [2.45, 2.75) is 32.0 Å². The first kappa shape index (κ1) is 16.1. The Morgan fingerprint density at radius 2 is 2.26 bits per heavy atom. The lowest BCUT2D eigenvalue weighted by Gasteiger charge is -2.29. The smallest absolute Gasteiger partial charge is 0.141 e. The molecule has 0 bridgehead atoms. The highest BCUT2D eigenvalue weighted by Gasteiger charge is 2.28. The Balaban J connectivity index is 1.84. The largest absolute Gasteiger partial charge is 0.284 e. The lowest BCUT2D eigenvalue weighted by Crippen LogP contribution is -2.30. The van der Waals surface area contributed by atoms with Crippen molar-refractivity contribution >= 4 is 11.6 Å². The average Bonchev–Trinajstić information content (AvgIpc) is 3.13. The molecule has 23 heavy (non-hydrogen) atoms. The Bertz CT molecular complexity index is 685. The second-order valence-corrected chi connectivity index (χ2v) is 6.30. The molecule has 6 heteroatoms. The summed E-state index contributed by atoms with van der Waals surface area (Å²) in [4.78, 5) is 6.53. The predicted molar refractivity (Wildman–Crippen MR) is 88.9 cm³/mol. The van der Waals surface area contributed by atoms with Gasteiger partial charge in [0.05, 0.1) is 13.1 Å². The summed E-state index contributed by atoms with van der Waals surface area (Å²) in [6.45, 7) is 4.75. The van der Waals surface area contributed by atoms with Crippen LogP contribution in [0.15, 0.2) is 42.2 Å². The van der Waals surface area contributed by atoms with Crippen LogP contribution < -0.4 is 0 Å². The molecule has 0 saturated heterocycles. The predicted octanol–water partition coefficient (Wildman–Crippen LogP) is 3.49. The highest BCUT2D eigenvalue weighted by Crippen LogP contribution is 2.36. The van der Waals surface area contributed by atoms with Crippen molar-refractivity contribution in [3.63, 3.8) is 0 Å². The van der Waals surface area contributed by atoms with E-state index in [1.807, 2.05) is 0 Å². The molecule has 1 aromatic heterocycles. The fraction of sp³-hybridized carbons (Fsp3) is 0.412. The van der Waals surface area contributed by atoms with E-state index in [1.54, 1.807) is 4.68 Å². The van der Waals surface area contributed by atoms with Crippen LogP contribution in [0, 0.1) is 0 Å². The maximum Gasteiger partial charge on any atom is 0.141 e. The first-order chi connectivity index (χ1) is 11.2. The van der Waals surface area contributed by atoms with Crippen molar-refractivity contribution in [3.8, 4) is 0 Å². The number of nitrogens with zero attached hydrogens (tertiary/aromatic N) is 4. The summed E-state index contributed by atoms with van der Waals surface area (Å²) in [6.07, 6.45) is 3.57. The van der Waals surface area contributed by atoms with Gasteiger partial charge in [0.2, 0.25) is 0 Å². The van der Waals surface area contributed by atoms with Crippen LogP contribution in [0.1, 0.15) is 29.4 Å². The van der Waals surface area contributed by atoms with Gasteiger partial charge in [0.1, 0.15) is 18.8 Å². The molecule has 2 aromatic rings. The van der Waals surface area contributed by atoms with Crippen LogP contribution in [0.3, 0.4) is 0 Å². The van der Waals surface area contributed by atoms with E-state index >= 15 is 0 Å². The van der Waals surface area contributed by atoms with Gasteiger partial charge < -0.3 is 0 Å². The number of rotatable bonds is 7. The first-order valence-corrected chi connectivity index (χ1v) is 8.14. The van der Waals surface area contributed by atoms with Gasteiger partial charge in [-0.15, -0.1) is 0 Å². The third-order valence-electron chi connectivity index (χ3n) is 4.25. The van der Waals surface area contributed by atoms with E-state index in [-0.39, 0.29) is 12.6 Å². The number of halogens is 2. The highest BCUT2D eigenvalue weighted by atomic mass is 35.5. The Morgan fingerprint density at radius 3 is 3.04 bits per heavy atom. The number of hydrogen-bond donors (Lipinski definition) is 0. The molecule has 1 aliphatic carbocycles. The zero-order chi connectivity index (χ0) is 16.2. The van der Waals surface area contributed by atoms with E-state index in [0.717, 1.165) is 18.7 Å². The van der Waals surface area contributed by atoms with Crippen LogP contribution >= 0.6 is 11.6 Å². The molecule has 122 valence electrons. The molecule has 3 rings (SSSR count). The van der Waals surface area contributed by atoms with E-state index in [4.69, 9.17) is 11.6 Å². The number of benzene rings is 1. The molecule has 0 unspecified atom stereocenters. The molecular weight excluding hydrogens is 315 g/mol. The second-order valence-electron chi connectivity index (χ2n) is 5.76. The van der Waals surface area contributed by atoms with Crippen molar-refractivity contribution in [3.05, 3.63) is 59.2 Å². The fourth-order valence-electron chi connectivity index (χ4n) is 3.27. The van der Waals surface area contributed by atoms with Gasteiger partial charge in [0, 0.05) is 17.6 Å². The molecule has 1 aliphatic rings. The van der Waals surface area contributed by atoms with Crippen LogP contribution in [-0.4, -0.2) is 32.9 Å². The van der Waals surface area contributed by atoms with Crippen molar-refractivity contribution in [1.29, 1.82) is 0 Å². The van der Waals surface area contributed by atoms with Crippen LogP contribution in [-0.2, 0) is 19.5 Å². The van der Waals surface area contributed by atoms with Gasteiger partial charge in [0.25, 0.3) is 0 Å². The van der Waals surface area contributed by atoms with E-state index in [0.29, 0.717) is 18.1 Å². The van der Waals surface area contributed by atoms with Crippen molar-refractivity contribution in [2.24, 2.45) is 0 Å². The monoisotopic (exact) mass is 334 g/mol. The van der Waals surface area contributed by atoms with Gasteiger partial charge in [-0.25, -0.2) is 14.1 Å². The van der Waals surface area contributed by atoms with Gasteiger partial charge in [-0.1, -0.05) is 42.4 Å². The molecule has 1 atom stereocenters. The van der Waals surface area contributed by atoms with Gasteiger partial charge in [0.15, 0.2) is 0 Å². The van der Waals surface area contributed by atoms with E-state index in [2.05, 4.69) is 45.8 Å². The summed E-state index contributed by atoms with van der Waals surface area (Å²) in [5.74, 6) is 0.755. The quantitative estimate of drug-likeness (QED) is 0.777. The molecule has 1 aromatic carbocycles. The molecule has 0 spiro atoms. The van der Waals surface area contributed by atoms with E-state index in [9.17, 15) is 4.39 Å². The standard InChI is InChI=1S/C17H20ClFN4/c1-13(18)10-22(11-17-20-12-21-23(17)9-8-19)16-7-6-14-4-2-3-5-15(14)16/h2-5,12,16H,1,6-11H2/t16-/m0/s1. The number of hydrogen-bond acceptors (Lipinski definition) is 3. The van der Waals surface area contributed by atoms with Gasteiger partial charge in [-0.05, 0) is 24.0 Å². The number of alkyl halides is 1. The number of aromatic nitrogens is 3. The third-order valence-corrected chi connectivity index (χ3v) is 4.37. The third kappa shape index (κ3) is 3.62. The van der Waals surface area contributed by atoms with Crippen LogP contribution in [0.25, 0.3) is 0 Å². The zero-order valence-electron chi connectivity index (χ0n) is 13.0. The minimum Gasteiger partial charge on any atom is -0.284 e. The fourth-order valence-corrected chi connectivity index (χ4v) is 3.42. The van der Waals surface area contributed by atoms with Gasteiger partial charge in [-0.2, -0.15) is 5.10 Å². The maximum absolute atomic E-state index is 12.6. The number of aryl methyl sites for hydroxylation is 2. The minimum absolute atomic E-state index is 0.228. The van der Waals surface area contributed by atoms with E-state index in [1.165, 1.54) is 17.5 Å². The highest BCUT2D eigenvalue weighted by molar-refractivity contribution is 6.29. The summed E-state index contributed by atoms with van der Waals surface area (Å²) < 4.78 is 14.3. The molecule has 0 amide bonds. The minimum atomic E-state index is -0.454. The maximum atomic E-state index is 12.6. The molecule has 0 fully saturated rings. The topological polar surface area (TPSA) is 34.0 Å². The Kier molecular flexibility index (Phi) is 5.08. The zero-order valence-corrected chi connectivity index (χ0v) is 13.7. The lowest BCUT2D eigenvalue weighted by atomic mass is 10.1. The Hall–Kier alpha value is -1.72. The molecule has 0 aliphatic heterocycles. The van der Waals surface area contributed by atoms with Crippen molar-refractivity contribution in [1.82, 2.24) is 19.7 Å². The SMILES string of the molecule is C=C(Cl)CN(Cc1ncnn1CCF)[C@H]1CCc2ccccc21. The Labute approximate surface area is 140 Å². The molecule has 4 nitrogen and oxygen atoms in total.